The highest BCUT2D eigenvalue weighted by molar-refractivity contribution is 8.26. The lowest BCUT2D eigenvalue weighted by molar-refractivity contribution is -0.137. The molecule has 0 bridgehead atoms. The van der Waals surface area contributed by atoms with E-state index in [2.05, 4.69) is 32.9 Å². The van der Waals surface area contributed by atoms with E-state index < -0.39 is 5.97 Å². The molecule has 1 aromatic heterocycles. The van der Waals surface area contributed by atoms with Crippen LogP contribution in [0, 0.1) is 20.8 Å². The van der Waals surface area contributed by atoms with E-state index >= 15 is 0 Å². The van der Waals surface area contributed by atoms with Crippen molar-refractivity contribution in [2.24, 2.45) is 0 Å². The van der Waals surface area contributed by atoms with E-state index in [1.54, 1.807) is 0 Å². The third-order valence-electron chi connectivity index (χ3n) is 5.61. The van der Waals surface area contributed by atoms with Crippen molar-refractivity contribution in [1.82, 2.24) is 14.7 Å². The molecule has 3 aromatic rings. The molecule has 1 aliphatic heterocycles. The number of aryl methyl sites for hydroxylation is 3. The summed E-state index contributed by atoms with van der Waals surface area (Å²) in [6.45, 7) is 6.51. The Kier molecular flexibility index (Phi) is 7.00. The van der Waals surface area contributed by atoms with Gasteiger partial charge in [-0.2, -0.15) is 5.10 Å². The van der Waals surface area contributed by atoms with Crippen LogP contribution in [0.2, 0.25) is 0 Å². The number of amides is 1. The number of hydrogen-bond donors (Lipinski definition) is 1. The van der Waals surface area contributed by atoms with E-state index in [0.29, 0.717) is 22.2 Å². The molecule has 0 unspecified atom stereocenters. The van der Waals surface area contributed by atoms with Crippen molar-refractivity contribution in [1.29, 1.82) is 0 Å². The zero-order valence-corrected chi connectivity index (χ0v) is 20.9. The van der Waals surface area contributed by atoms with Crippen molar-refractivity contribution in [3.8, 4) is 16.9 Å². The Morgan fingerprint density at radius 1 is 1.15 bits per heavy atom. The maximum Gasteiger partial charge on any atom is 0.303 e. The molecule has 0 spiro atoms. The number of benzene rings is 2. The average Bonchev–Trinajstić information content (AvgIpc) is 3.30. The molecule has 0 aliphatic carbocycles. The van der Waals surface area contributed by atoms with Crippen LogP contribution < -0.4 is 0 Å². The van der Waals surface area contributed by atoms with Crippen LogP contribution in [0.4, 0.5) is 0 Å². The highest BCUT2D eigenvalue weighted by Crippen LogP contribution is 2.36. The second-order valence-corrected chi connectivity index (χ2v) is 9.99. The second-order valence-electron chi connectivity index (χ2n) is 8.32. The molecule has 6 nitrogen and oxygen atoms in total. The van der Waals surface area contributed by atoms with Gasteiger partial charge in [-0.25, -0.2) is 4.68 Å². The average molecular weight is 492 g/mol. The molecule has 0 radical (unpaired) electrons. The molecular formula is C26H25N3O3S2. The highest BCUT2D eigenvalue weighted by Gasteiger charge is 2.32. The standard InChI is InChI=1S/C26H25N3O3S2/c1-16-12-17(2)23(18(3)13-16)24-19(15-29(27-24)20-8-5-4-6-9-20)14-21-25(32)28(26(33)34-21)11-7-10-22(30)31/h4-6,8-9,12-15H,7,10-11H2,1-3H3,(H,30,31)/b21-14-. The van der Waals surface area contributed by atoms with Gasteiger partial charge in [-0.05, 0) is 56.5 Å². The van der Waals surface area contributed by atoms with Crippen LogP contribution >= 0.6 is 24.0 Å². The third-order valence-corrected chi connectivity index (χ3v) is 6.99. The monoisotopic (exact) mass is 491 g/mol. The zero-order chi connectivity index (χ0) is 24.4. The molecule has 0 saturated carbocycles. The van der Waals surface area contributed by atoms with Crippen LogP contribution in [-0.4, -0.2) is 42.5 Å². The Labute approximate surface area is 208 Å². The molecule has 34 heavy (non-hydrogen) atoms. The van der Waals surface area contributed by atoms with Gasteiger partial charge in [0, 0.05) is 30.3 Å². The number of carbonyl (C=O) groups is 2. The number of nitrogens with zero attached hydrogens (tertiary/aromatic N) is 3. The topological polar surface area (TPSA) is 75.4 Å². The summed E-state index contributed by atoms with van der Waals surface area (Å²) < 4.78 is 2.27. The van der Waals surface area contributed by atoms with E-state index in [9.17, 15) is 9.59 Å². The Morgan fingerprint density at radius 2 is 1.82 bits per heavy atom. The smallest absolute Gasteiger partial charge is 0.303 e. The summed E-state index contributed by atoms with van der Waals surface area (Å²) in [6, 6.07) is 14.1. The predicted octanol–water partition coefficient (Wildman–Crippen LogP) is 5.53. The molecule has 0 atom stereocenters. The first-order valence-electron chi connectivity index (χ1n) is 10.9. The van der Waals surface area contributed by atoms with Gasteiger partial charge in [-0.1, -0.05) is 59.9 Å². The van der Waals surface area contributed by atoms with Crippen LogP contribution in [0.25, 0.3) is 23.0 Å². The molecule has 1 fully saturated rings. The first kappa shape index (κ1) is 23.9. The van der Waals surface area contributed by atoms with Crippen LogP contribution in [0.1, 0.15) is 35.1 Å². The van der Waals surface area contributed by atoms with E-state index in [1.165, 1.54) is 22.2 Å². The summed E-state index contributed by atoms with van der Waals surface area (Å²) in [4.78, 5) is 25.9. The zero-order valence-electron chi connectivity index (χ0n) is 19.2. The fourth-order valence-corrected chi connectivity index (χ4v) is 5.48. The lowest BCUT2D eigenvalue weighted by atomic mass is 9.95. The number of carbonyl (C=O) groups excluding carboxylic acids is 1. The number of para-hydroxylation sites is 1. The van der Waals surface area contributed by atoms with Gasteiger partial charge in [-0.3, -0.25) is 14.5 Å². The van der Waals surface area contributed by atoms with E-state index in [4.69, 9.17) is 22.4 Å². The van der Waals surface area contributed by atoms with Crippen molar-refractivity contribution >= 4 is 46.3 Å². The first-order chi connectivity index (χ1) is 16.2. The van der Waals surface area contributed by atoms with E-state index in [1.807, 2.05) is 47.3 Å². The van der Waals surface area contributed by atoms with Crippen LogP contribution in [0.15, 0.2) is 53.6 Å². The van der Waals surface area contributed by atoms with Crippen LogP contribution in [0.3, 0.4) is 0 Å². The van der Waals surface area contributed by atoms with Gasteiger partial charge in [0.2, 0.25) is 0 Å². The molecule has 174 valence electrons. The van der Waals surface area contributed by atoms with Crippen molar-refractivity contribution in [3.05, 3.63) is 75.8 Å². The van der Waals surface area contributed by atoms with Gasteiger partial charge in [0.25, 0.3) is 5.91 Å². The number of carboxylic acid groups (broad SMARTS) is 1. The number of thiocarbonyl (C=S) groups is 1. The minimum absolute atomic E-state index is 0.00389. The fraction of sp³-hybridized carbons (Fsp3) is 0.231. The Morgan fingerprint density at radius 3 is 2.47 bits per heavy atom. The maximum absolute atomic E-state index is 13.1. The number of carboxylic acids is 1. The molecule has 2 heterocycles. The minimum Gasteiger partial charge on any atom is -0.481 e. The van der Waals surface area contributed by atoms with E-state index in [-0.39, 0.29) is 12.3 Å². The van der Waals surface area contributed by atoms with E-state index in [0.717, 1.165) is 33.6 Å². The summed E-state index contributed by atoms with van der Waals surface area (Å²) >= 11 is 6.65. The molecule has 1 saturated heterocycles. The Hall–Kier alpha value is -3.23. The third kappa shape index (κ3) is 4.98. The molecule has 4 rings (SSSR count). The molecule has 1 N–H and O–H groups in total. The van der Waals surface area contributed by atoms with Gasteiger partial charge in [0.15, 0.2) is 0 Å². The Bertz CT molecular complexity index is 1290. The largest absolute Gasteiger partial charge is 0.481 e. The number of aromatic nitrogens is 2. The van der Waals surface area contributed by atoms with Gasteiger partial charge >= 0.3 is 5.97 Å². The SMILES string of the molecule is Cc1cc(C)c(-c2nn(-c3ccccc3)cc2/C=C2\SC(=S)N(CCCC(=O)O)C2=O)c(C)c1. The van der Waals surface area contributed by atoms with Crippen molar-refractivity contribution in [3.63, 3.8) is 0 Å². The van der Waals surface area contributed by atoms with Crippen LogP contribution in [-0.2, 0) is 9.59 Å². The summed E-state index contributed by atoms with van der Waals surface area (Å²) in [5, 5.41) is 13.8. The molecule has 1 amide bonds. The normalized spacial score (nSPS) is 14.9. The molecule has 2 aromatic carbocycles. The fourth-order valence-electron chi connectivity index (χ4n) is 4.18. The number of hydrogen-bond acceptors (Lipinski definition) is 5. The quantitative estimate of drug-likeness (QED) is 0.346. The number of aliphatic carboxylic acids is 1. The Balaban J connectivity index is 1.76. The minimum atomic E-state index is -0.886. The predicted molar refractivity (Wildman–Crippen MR) is 140 cm³/mol. The maximum atomic E-state index is 13.1. The summed E-state index contributed by atoms with van der Waals surface area (Å²) in [5.74, 6) is -1.08. The molecule has 1 aliphatic rings. The molecular weight excluding hydrogens is 466 g/mol. The molecule has 8 heteroatoms. The van der Waals surface area contributed by atoms with Gasteiger partial charge in [-0.15, -0.1) is 0 Å². The summed E-state index contributed by atoms with van der Waals surface area (Å²) in [6.07, 6.45) is 4.13. The number of rotatable bonds is 7. The summed E-state index contributed by atoms with van der Waals surface area (Å²) in [7, 11) is 0. The van der Waals surface area contributed by atoms with Gasteiger partial charge in [0.05, 0.1) is 10.6 Å². The van der Waals surface area contributed by atoms with Gasteiger partial charge < -0.3 is 5.11 Å². The highest BCUT2D eigenvalue weighted by atomic mass is 32.2. The van der Waals surface area contributed by atoms with Crippen molar-refractivity contribution in [2.75, 3.05) is 6.54 Å². The van der Waals surface area contributed by atoms with Gasteiger partial charge in [0.1, 0.15) is 10.0 Å². The summed E-state index contributed by atoms with van der Waals surface area (Å²) in [5.41, 5.74) is 7.01. The van der Waals surface area contributed by atoms with Crippen LogP contribution in [0.5, 0.6) is 0 Å². The van der Waals surface area contributed by atoms with Crippen molar-refractivity contribution in [2.45, 2.75) is 33.6 Å². The van der Waals surface area contributed by atoms with Crippen molar-refractivity contribution < 1.29 is 14.7 Å². The first-order valence-corrected chi connectivity index (χ1v) is 12.2. The number of thioether (sulfide) groups is 1. The lowest BCUT2D eigenvalue weighted by Gasteiger charge is -2.13. The lowest BCUT2D eigenvalue weighted by Crippen LogP contribution is -2.29. The second kappa shape index (κ2) is 9.95.